The summed E-state index contributed by atoms with van der Waals surface area (Å²) in [6.07, 6.45) is 2.18. The number of benzene rings is 2. The summed E-state index contributed by atoms with van der Waals surface area (Å²) in [4.78, 5) is 27.5. The first-order valence-corrected chi connectivity index (χ1v) is 13.2. The molecular formula is C25H31N3O5S. The van der Waals surface area contributed by atoms with Crippen LogP contribution in [-0.2, 0) is 14.8 Å². The first-order valence-electron chi connectivity index (χ1n) is 11.6. The number of sulfonamides is 1. The SMILES string of the molecule is COc1ccc([C@@H](CNC(=O)c2cccc(N3C(=O)CCS3(=O)=O)c2)N2CCC(C)CC2)cc1. The van der Waals surface area contributed by atoms with E-state index in [0.29, 0.717) is 18.0 Å². The second-order valence-corrected chi connectivity index (χ2v) is 10.9. The van der Waals surface area contributed by atoms with Gasteiger partial charge in [-0.2, -0.15) is 0 Å². The number of piperidine rings is 1. The summed E-state index contributed by atoms with van der Waals surface area (Å²) >= 11 is 0. The van der Waals surface area contributed by atoms with E-state index >= 15 is 0 Å². The Kier molecular flexibility index (Phi) is 7.23. The molecule has 1 N–H and O–H groups in total. The summed E-state index contributed by atoms with van der Waals surface area (Å²) in [7, 11) is -2.05. The zero-order valence-electron chi connectivity index (χ0n) is 19.6. The van der Waals surface area contributed by atoms with E-state index in [9.17, 15) is 18.0 Å². The average molecular weight is 486 g/mol. The highest BCUT2D eigenvalue weighted by Crippen LogP contribution is 2.29. The standard InChI is InChI=1S/C25H31N3O5S/c1-18-10-13-27(14-11-18)23(19-6-8-22(33-2)9-7-19)17-26-25(30)20-4-3-5-21(16-20)28-24(29)12-15-34(28,31)32/h3-9,16,18,23H,10-15,17H2,1-2H3,(H,26,30)/t23-/m1/s1. The van der Waals surface area contributed by atoms with Gasteiger partial charge in [-0.05, 0) is 67.7 Å². The quantitative estimate of drug-likeness (QED) is 0.648. The molecule has 0 aromatic heterocycles. The molecule has 2 aromatic carbocycles. The molecule has 0 radical (unpaired) electrons. The van der Waals surface area contributed by atoms with Crippen LogP contribution in [0, 0.1) is 5.92 Å². The molecule has 2 amide bonds. The second-order valence-electron chi connectivity index (χ2n) is 8.99. The molecule has 9 heteroatoms. The number of hydrogen-bond donors (Lipinski definition) is 1. The van der Waals surface area contributed by atoms with Gasteiger partial charge in [0, 0.05) is 18.5 Å². The van der Waals surface area contributed by atoms with Gasteiger partial charge in [0.1, 0.15) is 5.75 Å². The predicted octanol–water partition coefficient (Wildman–Crippen LogP) is 2.96. The molecule has 4 rings (SSSR count). The van der Waals surface area contributed by atoms with Crippen LogP contribution in [0.5, 0.6) is 5.75 Å². The van der Waals surface area contributed by atoms with Crippen molar-refractivity contribution >= 4 is 27.5 Å². The number of hydrogen-bond acceptors (Lipinski definition) is 6. The van der Waals surface area contributed by atoms with E-state index in [1.54, 1.807) is 19.2 Å². The van der Waals surface area contributed by atoms with E-state index in [2.05, 4.69) is 17.1 Å². The molecule has 2 aromatic rings. The van der Waals surface area contributed by atoms with Gasteiger partial charge in [0.25, 0.3) is 5.91 Å². The van der Waals surface area contributed by atoms with Crippen molar-refractivity contribution in [3.8, 4) is 5.75 Å². The van der Waals surface area contributed by atoms with Crippen molar-refractivity contribution in [2.75, 3.05) is 36.8 Å². The third-order valence-electron chi connectivity index (χ3n) is 6.64. The van der Waals surface area contributed by atoms with Crippen molar-refractivity contribution in [3.63, 3.8) is 0 Å². The minimum Gasteiger partial charge on any atom is -0.497 e. The summed E-state index contributed by atoms with van der Waals surface area (Å²) in [5.74, 6) is 0.475. The van der Waals surface area contributed by atoms with Crippen LogP contribution in [-0.4, -0.2) is 57.6 Å². The lowest BCUT2D eigenvalue weighted by atomic mass is 9.95. The minimum atomic E-state index is -3.68. The third kappa shape index (κ3) is 5.26. The number of nitrogens with one attached hydrogen (secondary N) is 1. The summed E-state index contributed by atoms with van der Waals surface area (Å²) in [5, 5.41) is 3.02. The fourth-order valence-corrected chi connectivity index (χ4v) is 6.01. The van der Waals surface area contributed by atoms with Gasteiger partial charge < -0.3 is 10.1 Å². The number of carbonyl (C=O) groups excluding carboxylic acids is 2. The Morgan fingerprint density at radius 2 is 1.85 bits per heavy atom. The van der Waals surface area contributed by atoms with Crippen LogP contribution in [0.3, 0.4) is 0 Å². The lowest BCUT2D eigenvalue weighted by molar-refractivity contribution is -0.116. The number of nitrogens with zero attached hydrogens (tertiary/aromatic N) is 2. The van der Waals surface area contributed by atoms with Gasteiger partial charge >= 0.3 is 0 Å². The largest absolute Gasteiger partial charge is 0.497 e. The van der Waals surface area contributed by atoms with Gasteiger partial charge in [0.2, 0.25) is 15.9 Å². The van der Waals surface area contributed by atoms with E-state index in [4.69, 9.17) is 4.74 Å². The zero-order valence-corrected chi connectivity index (χ0v) is 20.4. The van der Waals surface area contributed by atoms with Gasteiger partial charge in [-0.15, -0.1) is 0 Å². The van der Waals surface area contributed by atoms with Crippen LogP contribution in [0.2, 0.25) is 0 Å². The monoisotopic (exact) mass is 485 g/mol. The van der Waals surface area contributed by atoms with Crippen LogP contribution in [0.15, 0.2) is 48.5 Å². The molecule has 0 saturated carbocycles. The molecular weight excluding hydrogens is 454 g/mol. The van der Waals surface area contributed by atoms with Gasteiger partial charge in [-0.1, -0.05) is 25.1 Å². The number of anilines is 1. The highest BCUT2D eigenvalue weighted by atomic mass is 32.2. The fourth-order valence-electron chi connectivity index (χ4n) is 4.56. The molecule has 2 saturated heterocycles. The fraction of sp³-hybridized carbons (Fsp3) is 0.440. The molecule has 182 valence electrons. The van der Waals surface area contributed by atoms with Crippen LogP contribution in [0.4, 0.5) is 5.69 Å². The molecule has 0 spiro atoms. The van der Waals surface area contributed by atoms with Crippen LogP contribution < -0.4 is 14.4 Å². The number of likely N-dealkylation sites (tertiary alicyclic amines) is 1. The Balaban J connectivity index is 1.51. The average Bonchev–Trinajstić information content (AvgIpc) is 3.12. The van der Waals surface area contributed by atoms with Gasteiger partial charge in [0.15, 0.2) is 0 Å². The molecule has 2 heterocycles. The van der Waals surface area contributed by atoms with Gasteiger partial charge in [0.05, 0.1) is 24.6 Å². The first kappa shape index (κ1) is 24.2. The maximum Gasteiger partial charge on any atom is 0.251 e. The van der Waals surface area contributed by atoms with Crippen molar-refractivity contribution in [1.29, 1.82) is 0 Å². The Bertz CT molecular complexity index is 1140. The zero-order chi connectivity index (χ0) is 24.3. The predicted molar refractivity (Wildman–Crippen MR) is 130 cm³/mol. The first-order chi connectivity index (χ1) is 16.3. The molecule has 8 nitrogen and oxygen atoms in total. The van der Waals surface area contributed by atoms with E-state index < -0.39 is 15.9 Å². The molecule has 0 unspecified atom stereocenters. The summed E-state index contributed by atoms with van der Waals surface area (Å²) in [6, 6.07) is 14.1. The Morgan fingerprint density at radius 3 is 2.47 bits per heavy atom. The van der Waals surface area contributed by atoms with Gasteiger partial charge in [-0.3, -0.25) is 14.5 Å². The van der Waals surface area contributed by atoms with Crippen LogP contribution in [0.1, 0.15) is 48.1 Å². The van der Waals surface area contributed by atoms with Crippen molar-refractivity contribution in [2.45, 2.75) is 32.2 Å². The normalized spacial score (nSPS) is 19.7. The van der Waals surface area contributed by atoms with Crippen LogP contribution >= 0.6 is 0 Å². The van der Waals surface area contributed by atoms with E-state index in [1.807, 2.05) is 24.3 Å². The summed E-state index contributed by atoms with van der Waals surface area (Å²) in [5.41, 5.74) is 1.61. The Hall–Kier alpha value is -2.91. The highest BCUT2D eigenvalue weighted by Gasteiger charge is 2.36. The number of ether oxygens (including phenoxy) is 1. The smallest absolute Gasteiger partial charge is 0.251 e. The van der Waals surface area contributed by atoms with E-state index in [-0.39, 0.29) is 29.8 Å². The molecule has 0 aliphatic carbocycles. The van der Waals surface area contributed by atoms with E-state index in [0.717, 1.165) is 41.5 Å². The number of amides is 2. The topological polar surface area (TPSA) is 96.0 Å². The van der Waals surface area contributed by atoms with E-state index in [1.165, 1.54) is 12.1 Å². The molecule has 2 aliphatic heterocycles. The lowest BCUT2D eigenvalue weighted by Gasteiger charge is -2.37. The molecule has 2 fully saturated rings. The second kappa shape index (κ2) is 10.1. The highest BCUT2D eigenvalue weighted by molar-refractivity contribution is 7.94. The third-order valence-corrected chi connectivity index (χ3v) is 8.33. The molecule has 0 bridgehead atoms. The molecule has 2 aliphatic rings. The Morgan fingerprint density at radius 1 is 1.15 bits per heavy atom. The minimum absolute atomic E-state index is 0.00563. The maximum atomic E-state index is 13.0. The van der Waals surface area contributed by atoms with Crippen molar-refractivity contribution < 1.29 is 22.7 Å². The summed E-state index contributed by atoms with van der Waals surface area (Å²) in [6.45, 7) is 4.58. The maximum absolute atomic E-state index is 13.0. The van der Waals surface area contributed by atoms with Crippen molar-refractivity contribution in [2.24, 2.45) is 5.92 Å². The summed E-state index contributed by atoms with van der Waals surface area (Å²) < 4.78 is 30.6. The van der Waals surface area contributed by atoms with Crippen molar-refractivity contribution in [3.05, 3.63) is 59.7 Å². The molecule has 34 heavy (non-hydrogen) atoms. The van der Waals surface area contributed by atoms with Crippen LogP contribution in [0.25, 0.3) is 0 Å². The lowest BCUT2D eigenvalue weighted by Crippen LogP contribution is -2.42. The molecule has 1 atom stereocenters. The number of carbonyl (C=O) groups is 2. The number of rotatable bonds is 7. The number of methoxy groups -OCH3 is 1. The van der Waals surface area contributed by atoms with Gasteiger partial charge in [-0.25, -0.2) is 12.7 Å². The van der Waals surface area contributed by atoms with Crippen molar-refractivity contribution in [1.82, 2.24) is 10.2 Å². The Labute approximate surface area is 200 Å².